The van der Waals surface area contributed by atoms with Crippen LogP contribution in [0, 0.1) is 5.92 Å². The van der Waals surface area contributed by atoms with Crippen LogP contribution >= 0.6 is 23.2 Å². The van der Waals surface area contributed by atoms with Crippen LogP contribution in [0.5, 0.6) is 0 Å². The lowest BCUT2D eigenvalue weighted by molar-refractivity contribution is -0.114. The summed E-state index contributed by atoms with van der Waals surface area (Å²) in [5.41, 5.74) is 2.81. The number of fused-ring (bicyclic) bond motifs is 1. The molecule has 0 saturated carbocycles. The van der Waals surface area contributed by atoms with Crippen molar-refractivity contribution in [2.24, 2.45) is 5.92 Å². The number of hydrogen-bond donors (Lipinski definition) is 2. The number of carbonyl (C=O) groups excluding carboxylic acids is 1. The standard InChI is InChI=1S/C21H23Cl2NO2/c1-12(2)21(26)9-8-16(14-4-7-19(22)20(23)10-14)17-6-5-15(11-18(17)21)24-13(3)25/h4-7,10-12,16,26H,8-9H2,1-3H3,(H,24,25). The highest BCUT2D eigenvalue weighted by Crippen LogP contribution is 2.48. The third-order valence-corrected chi connectivity index (χ3v) is 6.07. The Morgan fingerprint density at radius 3 is 2.54 bits per heavy atom. The monoisotopic (exact) mass is 391 g/mol. The number of amides is 1. The van der Waals surface area contributed by atoms with Gasteiger partial charge in [0, 0.05) is 18.5 Å². The predicted molar refractivity (Wildman–Crippen MR) is 107 cm³/mol. The highest BCUT2D eigenvalue weighted by molar-refractivity contribution is 6.42. The van der Waals surface area contributed by atoms with E-state index >= 15 is 0 Å². The minimum atomic E-state index is -0.920. The molecule has 2 N–H and O–H groups in total. The minimum Gasteiger partial charge on any atom is -0.385 e. The van der Waals surface area contributed by atoms with Gasteiger partial charge in [-0.25, -0.2) is 0 Å². The van der Waals surface area contributed by atoms with Crippen molar-refractivity contribution in [2.45, 2.75) is 45.1 Å². The molecule has 0 spiro atoms. The smallest absolute Gasteiger partial charge is 0.221 e. The molecule has 2 unspecified atom stereocenters. The van der Waals surface area contributed by atoms with Gasteiger partial charge in [0.25, 0.3) is 0 Å². The van der Waals surface area contributed by atoms with Crippen molar-refractivity contribution in [1.29, 1.82) is 0 Å². The van der Waals surface area contributed by atoms with E-state index in [4.69, 9.17) is 23.2 Å². The Morgan fingerprint density at radius 2 is 1.92 bits per heavy atom. The molecule has 5 heteroatoms. The van der Waals surface area contributed by atoms with Gasteiger partial charge in [0.1, 0.15) is 0 Å². The lowest BCUT2D eigenvalue weighted by Gasteiger charge is -2.41. The lowest BCUT2D eigenvalue weighted by Crippen LogP contribution is -2.37. The van der Waals surface area contributed by atoms with Crippen LogP contribution in [0.25, 0.3) is 0 Å². The zero-order valence-electron chi connectivity index (χ0n) is 15.1. The van der Waals surface area contributed by atoms with Crippen molar-refractivity contribution in [1.82, 2.24) is 0 Å². The van der Waals surface area contributed by atoms with Gasteiger partial charge >= 0.3 is 0 Å². The number of carbonyl (C=O) groups is 1. The van der Waals surface area contributed by atoms with Crippen molar-refractivity contribution >= 4 is 34.8 Å². The van der Waals surface area contributed by atoms with Crippen molar-refractivity contribution in [2.75, 3.05) is 5.32 Å². The maximum atomic E-state index is 11.4. The SMILES string of the molecule is CC(=O)Nc1ccc2c(c1)C(O)(C(C)C)CCC2c1ccc(Cl)c(Cl)c1. The van der Waals surface area contributed by atoms with Crippen LogP contribution in [-0.4, -0.2) is 11.0 Å². The summed E-state index contributed by atoms with van der Waals surface area (Å²) in [5.74, 6) is 0.0589. The second-order valence-corrected chi connectivity index (χ2v) is 8.14. The van der Waals surface area contributed by atoms with Gasteiger partial charge in [-0.2, -0.15) is 0 Å². The third-order valence-electron chi connectivity index (χ3n) is 5.33. The van der Waals surface area contributed by atoms with Gasteiger partial charge in [-0.05, 0) is 59.7 Å². The maximum absolute atomic E-state index is 11.4. The van der Waals surface area contributed by atoms with Crippen molar-refractivity contribution in [3.63, 3.8) is 0 Å². The number of nitrogens with one attached hydrogen (secondary N) is 1. The highest BCUT2D eigenvalue weighted by atomic mass is 35.5. The van der Waals surface area contributed by atoms with E-state index in [1.807, 2.05) is 50.2 Å². The van der Waals surface area contributed by atoms with Crippen molar-refractivity contribution < 1.29 is 9.90 Å². The van der Waals surface area contributed by atoms with E-state index in [1.54, 1.807) is 0 Å². The van der Waals surface area contributed by atoms with Crippen LogP contribution in [0.3, 0.4) is 0 Å². The number of rotatable bonds is 3. The van der Waals surface area contributed by atoms with Crippen LogP contribution in [0.1, 0.15) is 56.2 Å². The summed E-state index contributed by atoms with van der Waals surface area (Å²) in [6.07, 6.45) is 1.46. The fourth-order valence-corrected chi connectivity index (χ4v) is 4.15. The van der Waals surface area contributed by atoms with Crippen LogP contribution in [0.15, 0.2) is 36.4 Å². The van der Waals surface area contributed by atoms with Gasteiger partial charge in [-0.3, -0.25) is 4.79 Å². The number of hydrogen-bond acceptors (Lipinski definition) is 2. The zero-order chi connectivity index (χ0) is 19.1. The molecule has 1 aliphatic rings. The third kappa shape index (κ3) is 3.48. The fourth-order valence-electron chi connectivity index (χ4n) is 3.85. The Kier molecular flexibility index (Phi) is 5.34. The molecule has 0 fully saturated rings. The number of halogens is 2. The van der Waals surface area contributed by atoms with Crippen LogP contribution in [0.2, 0.25) is 10.0 Å². The van der Waals surface area contributed by atoms with Crippen LogP contribution in [0.4, 0.5) is 5.69 Å². The minimum absolute atomic E-state index is 0.0589. The van der Waals surface area contributed by atoms with Gasteiger partial charge in [0.05, 0.1) is 15.6 Å². The lowest BCUT2D eigenvalue weighted by atomic mass is 9.67. The molecule has 3 nitrogen and oxygen atoms in total. The predicted octanol–water partition coefficient (Wildman–Crippen LogP) is 5.72. The molecule has 3 rings (SSSR count). The molecule has 26 heavy (non-hydrogen) atoms. The molecule has 2 atom stereocenters. The Bertz CT molecular complexity index is 850. The summed E-state index contributed by atoms with van der Waals surface area (Å²) in [6.45, 7) is 5.52. The van der Waals surface area contributed by atoms with Gasteiger partial charge in [0.15, 0.2) is 0 Å². The Hall–Kier alpha value is -1.55. The van der Waals surface area contributed by atoms with E-state index in [0.29, 0.717) is 22.2 Å². The van der Waals surface area contributed by atoms with Gasteiger partial charge in [0.2, 0.25) is 5.91 Å². The first-order valence-corrected chi connectivity index (χ1v) is 9.57. The summed E-state index contributed by atoms with van der Waals surface area (Å²) in [7, 11) is 0. The molecule has 2 aromatic carbocycles. The zero-order valence-corrected chi connectivity index (χ0v) is 16.7. The van der Waals surface area contributed by atoms with Crippen LogP contribution < -0.4 is 5.32 Å². The van der Waals surface area contributed by atoms with E-state index < -0.39 is 5.60 Å². The molecule has 138 valence electrons. The molecule has 1 amide bonds. The summed E-state index contributed by atoms with van der Waals surface area (Å²) >= 11 is 12.3. The average Bonchev–Trinajstić information content (AvgIpc) is 2.57. The van der Waals surface area contributed by atoms with Gasteiger partial charge in [-0.15, -0.1) is 0 Å². The number of benzene rings is 2. The topological polar surface area (TPSA) is 49.3 Å². The van der Waals surface area contributed by atoms with E-state index in [-0.39, 0.29) is 17.7 Å². The van der Waals surface area contributed by atoms with E-state index in [9.17, 15) is 9.90 Å². The molecule has 2 aromatic rings. The molecular weight excluding hydrogens is 369 g/mol. The quantitative estimate of drug-likeness (QED) is 0.702. The summed E-state index contributed by atoms with van der Waals surface area (Å²) in [6, 6.07) is 11.5. The van der Waals surface area contributed by atoms with E-state index in [1.165, 1.54) is 6.92 Å². The first kappa shape index (κ1) is 19.2. The highest BCUT2D eigenvalue weighted by Gasteiger charge is 2.41. The van der Waals surface area contributed by atoms with Crippen molar-refractivity contribution in [3.05, 3.63) is 63.1 Å². The van der Waals surface area contributed by atoms with Gasteiger partial charge in [-0.1, -0.05) is 49.2 Å². The summed E-state index contributed by atoms with van der Waals surface area (Å²) in [4.78, 5) is 11.4. The Labute approximate surface area is 164 Å². The maximum Gasteiger partial charge on any atom is 0.221 e. The van der Waals surface area contributed by atoms with Gasteiger partial charge < -0.3 is 10.4 Å². The summed E-state index contributed by atoms with van der Waals surface area (Å²) < 4.78 is 0. The Balaban J connectivity index is 2.12. The number of anilines is 1. The van der Waals surface area contributed by atoms with Crippen molar-refractivity contribution in [3.8, 4) is 0 Å². The summed E-state index contributed by atoms with van der Waals surface area (Å²) in [5, 5.41) is 15.2. The average molecular weight is 392 g/mol. The normalized spacial score (nSPS) is 22.2. The first-order chi connectivity index (χ1) is 12.2. The van der Waals surface area contributed by atoms with E-state index in [0.717, 1.165) is 23.1 Å². The fraction of sp³-hybridized carbons (Fsp3) is 0.381. The second-order valence-electron chi connectivity index (χ2n) is 7.33. The molecule has 0 aromatic heterocycles. The van der Waals surface area contributed by atoms with Crippen LogP contribution in [-0.2, 0) is 10.4 Å². The molecule has 1 aliphatic carbocycles. The second kappa shape index (κ2) is 7.22. The molecule has 0 bridgehead atoms. The number of aliphatic hydroxyl groups is 1. The molecular formula is C21H23Cl2NO2. The molecule has 0 saturated heterocycles. The molecule has 0 aliphatic heterocycles. The van der Waals surface area contributed by atoms with E-state index in [2.05, 4.69) is 5.32 Å². The molecule has 0 radical (unpaired) electrons. The molecule has 0 heterocycles. The largest absolute Gasteiger partial charge is 0.385 e. The Morgan fingerprint density at radius 1 is 1.19 bits per heavy atom. The first-order valence-electron chi connectivity index (χ1n) is 8.81.